The maximum absolute atomic E-state index is 13.3. The summed E-state index contributed by atoms with van der Waals surface area (Å²) < 4.78 is 5.64. The van der Waals surface area contributed by atoms with Gasteiger partial charge < -0.3 is 19.8 Å². The van der Waals surface area contributed by atoms with E-state index < -0.39 is 30.0 Å². The van der Waals surface area contributed by atoms with E-state index in [0.29, 0.717) is 31.8 Å². The summed E-state index contributed by atoms with van der Waals surface area (Å²) in [5, 5.41) is 25.7. The second-order valence-electron chi connectivity index (χ2n) is 9.42. The third-order valence-corrected chi connectivity index (χ3v) is 7.54. The van der Waals surface area contributed by atoms with Gasteiger partial charge in [-0.25, -0.2) is 0 Å². The molecule has 2 N–H and O–H groups in total. The molecule has 4 fully saturated rings. The lowest BCUT2D eigenvalue weighted by molar-refractivity contribution is -0.143. The summed E-state index contributed by atoms with van der Waals surface area (Å²) in [6.07, 6.45) is 0.973. The van der Waals surface area contributed by atoms with Crippen LogP contribution in [0.2, 0.25) is 0 Å². The molecule has 32 heavy (non-hydrogen) atoms. The molecule has 8 nitrogen and oxygen atoms in total. The molecule has 2 aliphatic carbocycles. The van der Waals surface area contributed by atoms with E-state index in [4.69, 9.17) is 9.57 Å². The average Bonchev–Trinajstić information content (AvgIpc) is 3.40. The van der Waals surface area contributed by atoms with Gasteiger partial charge in [0.05, 0.1) is 42.4 Å². The summed E-state index contributed by atoms with van der Waals surface area (Å²) in [5.41, 5.74) is 1.65. The number of rotatable bonds is 5. The highest BCUT2D eigenvalue weighted by atomic mass is 16.6. The van der Waals surface area contributed by atoms with E-state index in [1.165, 1.54) is 4.90 Å². The summed E-state index contributed by atoms with van der Waals surface area (Å²) in [6.45, 7) is 1.24. The third-order valence-electron chi connectivity index (χ3n) is 7.54. The Morgan fingerprint density at radius 2 is 1.84 bits per heavy atom. The average molecular weight is 443 g/mol. The molecule has 2 saturated carbocycles. The number of fused-ring (bicyclic) bond motifs is 3. The number of hydrogen-bond acceptors (Lipinski definition) is 7. The summed E-state index contributed by atoms with van der Waals surface area (Å²) in [6, 6.07) is 9.67. The van der Waals surface area contributed by atoms with Crippen LogP contribution in [-0.4, -0.2) is 64.1 Å². The van der Waals surface area contributed by atoms with E-state index >= 15 is 0 Å². The topological polar surface area (TPSA) is 109 Å². The van der Waals surface area contributed by atoms with Crippen LogP contribution in [0.4, 0.5) is 0 Å². The van der Waals surface area contributed by atoms with Gasteiger partial charge in [0.1, 0.15) is 6.61 Å². The lowest BCUT2D eigenvalue weighted by Crippen LogP contribution is -2.54. The zero-order valence-corrected chi connectivity index (χ0v) is 18.0. The molecule has 2 aliphatic heterocycles. The molecule has 172 valence electrons. The highest BCUT2D eigenvalue weighted by molar-refractivity contribution is 6.06. The van der Waals surface area contributed by atoms with Crippen molar-refractivity contribution in [2.45, 2.75) is 57.0 Å². The van der Waals surface area contributed by atoms with Crippen LogP contribution in [0.15, 0.2) is 35.5 Å². The lowest BCUT2D eigenvalue weighted by atomic mass is 9.60. The number of oxime groups is 1. The van der Waals surface area contributed by atoms with Gasteiger partial charge in [0, 0.05) is 24.9 Å². The van der Waals surface area contributed by atoms with Gasteiger partial charge in [0.2, 0.25) is 11.8 Å². The van der Waals surface area contributed by atoms with Crippen molar-refractivity contribution in [2.24, 2.45) is 28.8 Å². The smallest absolute Gasteiger partial charge is 0.233 e. The van der Waals surface area contributed by atoms with Gasteiger partial charge in [0.25, 0.3) is 0 Å². The van der Waals surface area contributed by atoms with Crippen LogP contribution in [0.3, 0.4) is 0 Å². The number of carbonyl (C=O) groups excluding carboxylic acids is 2. The number of benzene rings is 1. The van der Waals surface area contributed by atoms with Gasteiger partial charge >= 0.3 is 0 Å². The highest BCUT2D eigenvalue weighted by Crippen LogP contribution is 2.49. The first-order chi connectivity index (χ1) is 15.5. The molecule has 5 rings (SSSR count). The molecular formula is C24H30N2O6. The van der Waals surface area contributed by atoms with Crippen molar-refractivity contribution < 1.29 is 29.4 Å². The van der Waals surface area contributed by atoms with Crippen molar-refractivity contribution in [3.63, 3.8) is 0 Å². The minimum Gasteiger partial charge on any atom is -0.391 e. The Hall–Kier alpha value is -2.29. The number of aliphatic hydroxyl groups is 2. The molecule has 0 aromatic heterocycles. The first-order valence-electron chi connectivity index (χ1n) is 11.6. The zero-order valence-electron chi connectivity index (χ0n) is 18.0. The quantitative estimate of drug-likeness (QED) is 0.528. The molecule has 0 radical (unpaired) electrons. The Balaban J connectivity index is 1.35. The third kappa shape index (κ3) is 3.84. The minimum absolute atomic E-state index is 0.107. The van der Waals surface area contributed by atoms with Crippen LogP contribution in [0, 0.1) is 23.7 Å². The molecule has 0 bridgehead atoms. The zero-order chi connectivity index (χ0) is 22.2. The number of hydrogen-bond donors (Lipinski definition) is 2. The normalized spacial score (nSPS) is 38.1. The number of carbonyl (C=O) groups is 2. The second-order valence-corrected chi connectivity index (χ2v) is 9.42. The van der Waals surface area contributed by atoms with E-state index in [9.17, 15) is 19.8 Å². The summed E-state index contributed by atoms with van der Waals surface area (Å²) >= 11 is 0. The van der Waals surface area contributed by atoms with E-state index in [0.717, 1.165) is 18.4 Å². The Morgan fingerprint density at radius 3 is 2.59 bits per heavy atom. The Morgan fingerprint density at radius 1 is 1.06 bits per heavy atom. The Bertz CT molecular complexity index is 884. The first kappa shape index (κ1) is 21.6. The summed E-state index contributed by atoms with van der Waals surface area (Å²) in [7, 11) is 0. The van der Waals surface area contributed by atoms with E-state index in [2.05, 4.69) is 5.16 Å². The monoisotopic (exact) mass is 442 g/mol. The van der Waals surface area contributed by atoms with Gasteiger partial charge in [-0.2, -0.15) is 0 Å². The SMILES string of the molecule is O=C1[C@H]2[C@H]3[C@H](O)[C@H](O)CC(=NOCc4ccccc4)[C@@H]3CC[C@H]2C(=O)N1C[C@@H]1CCCO1. The standard InChI is InChI=1S/C24H30N2O6/c27-19-11-18(25-32-13-14-5-2-1-3-6-14)16-8-9-17-21(20(16)22(19)28)24(30)26(23(17)29)12-15-7-4-10-31-15/h1-3,5-6,15-17,19-22,27-28H,4,7-13H2/t15-,16-,17+,19+,20-,21+,22+/m0/s1. The highest BCUT2D eigenvalue weighted by Gasteiger charge is 2.59. The lowest BCUT2D eigenvalue weighted by Gasteiger charge is -2.45. The fourth-order valence-electron chi connectivity index (χ4n) is 5.98. The number of likely N-dealkylation sites (tertiary alicyclic amines) is 1. The van der Waals surface area contributed by atoms with Gasteiger partial charge in [-0.15, -0.1) is 0 Å². The molecule has 7 atom stereocenters. The second kappa shape index (κ2) is 8.92. The van der Waals surface area contributed by atoms with Crippen LogP contribution < -0.4 is 0 Å². The Labute approximate surface area is 187 Å². The van der Waals surface area contributed by atoms with Crippen LogP contribution in [0.25, 0.3) is 0 Å². The molecule has 0 unspecified atom stereocenters. The van der Waals surface area contributed by atoms with Crippen molar-refractivity contribution in [3.8, 4) is 0 Å². The van der Waals surface area contributed by atoms with Crippen LogP contribution in [0.5, 0.6) is 0 Å². The molecule has 2 saturated heterocycles. The molecule has 2 heterocycles. The van der Waals surface area contributed by atoms with E-state index in [1.807, 2.05) is 30.3 Å². The summed E-state index contributed by atoms with van der Waals surface area (Å²) in [5.74, 6) is -2.22. The largest absolute Gasteiger partial charge is 0.391 e. The van der Waals surface area contributed by atoms with Crippen LogP contribution in [0.1, 0.15) is 37.7 Å². The fraction of sp³-hybridized carbons (Fsp3) is 0.625. The van der Waals surface area contributed by atoms with Crippen LogP contribution in [-0.2, 0) is 25.8 Å². The van der Waals surface area contributed by atoms with Gasteiger partial charge in [0.15, 0.2) is 0 Å². The molecule has 0 spiro atoms. The maximum atomic E-state index is 13.3. The number of nitrogens with zero attached hydrogens (tertiary/aromatic N) is 2. The Kier molecular flexibility index (Phi) is 6.01. The molecule has 4 aliphatic rings. The fourth-order valence-corrected chi connectivity index (χ4v) is 5.98. The molecule has 8 heteroatoms. The van der Waals surface area contributed by atoms with Crippen molar-refractivity contribution in [1.82, 2.24) is 4.90 Å². The first-order valence-corrected chi connectivity index (χ1v) is 11.6. The van der Waals surface area contributed by atoms with Crippen molar-refractivity contribution in [1.29, 1.82) is 0 Å². The summed E-state index contributed by atoms with van der Waals surface area (Å²) in [4.78, 5) is 33.3. The molecular weight excluding hydrogens is 412 g/mol. The number of amides is 2. The van der Waals surface area contributed by atoms with Crippen molar-refractivity contribution in [2.75, 3.05) is 13.2 Å². The number of imide groups is 1. The predicted molar refractivity (Wildman–Crippen MR) is 114 cm³/mol. The number of aliphatic hydroxyl groups excluding tert-OH is 2. The molecule has 2 amide bonds. The predicted octanol–water partition coefficient (Wildman–Crippen LogP) is 1.49. The van der Waals surface area contributed by atoms with Crippen molar-refractivity contribution >= 4 is 17.5 Å². The van der Waals surface area contributed by atoms with Crippen LogP contribution >= 0.6 is 0 Å². The van der Waals surface area contributed by atoms with Gasteiger partial charge in [-0.3, -0.25) is 14.5 Å². The van der Waals surface area contributed by atoms with E-state index in [-0.39, 0.29) is 36.8 Å². The van der Waals surface area contributed by atoms with Crippen molar-refractivity contribution in [3.05, 3.63) is 35.9 Å². The van der Waals surface area contributed by atoms with Gasteiger partial charge in [-0.05, 0) is 31.2 Å². The maximum Gasteiger partial charge on any atom is 0.233 e. The molecule has 1 aromatic carbocycles. The molecule has 1 aromatic rings. The minimum atomic E-state index is -1.07. The van der Waals surface area contributed by atoms with Gasteiger partial charge in [-0.1, -0.05) is 35.5 Å². The number of ether oxygens (including phenoxy) is 1. The van der Waals surface area contributed by atoms with E-state index in [1.54, 1.807) is 0 Å².